The van der Waals surface area contributed by atoms with Gasteiger partial charge in [0.15, 0.2) is 0 Å². The smallest absolute Gasteiger partial charge is 0.214 e. The molecule has 0 aromatic heterocycles. The van der Waals surface area contributed by atoms with E-state index in [1.54, 1.807) is 6.26 Å². The van der Waals surface area contributed by atoms with Crippen molar-refractivity contribution in [3.8, 4) is 0 Å². The highest BCUT2D eigenvalue weighted by molar-refractivity contribution is 7.26. The van der Waals surface area contributed by atoms with Crippen LogP contribution in [0.3, 0.4) is 0 Å². The van der Waals surface area contributed by atoms with E-state index in [0.717, 1.165) is 13.2 Å². The van der Waals surface area contributed by atoms with Crippen LogP contribution in [0, 0.1) is 5.41 Å². The van der Waals surface area contributed by atoms with Crippen LogP contribution < -0.4 is 0 Å². The van der Waals surface area contributed by atoms with Gasteiger partial charge >= 0.3 is 0 Å². The van der Waals surface area contributed by atoms with E-state index in [2.05, 4.69) is 27.7 Å². The lowest BCUT2D eigenvalue weighted by molar-refractivity contribution is 0.0310. The van der Waals surface area contributed by atoms with Crippen molar-refractivity contribution in [1.29, 1.82) is 0 Å². The van der Waals surface area contributed by atoms with Crippen LogP contribution in [0.5, 0.6) is 0 Å². The fourth-order valence-corrected chi connectivity index (χ4v) is 2.02. The monoisotopic (exact) mass is 260 g/mol. The summed E-state index contributed by atoms with van der Waals surface area (Å²) in [6.45, 7) is 10.4. The van der Waals surface area contributed by atoms with E-state index in [1.165, 1.54) is 19.3 Å². The minimum absolute atomic E-state index is 0.0382. The zero-order valence-corrected chi connectivity index (χ0v) is 12.4. The molecule has 17 heavy (non-hydrogen) atoms. The lowest BCUT2D eigenvalue weighted by Crippen LogP contribution is -2.37. The fourth-order valence-electron chi connectivity index (χ4n) is 1.38. The second-order valence-corrected chi connectivity index (χ2v) is 6.12. The molecule has 1 atom stereocenters. The predicted octanol–water partition coefficient (Wildman–Crippen LogP) is 4.05. The summed E-state index contributed by atoms with van der Waals surface area (Å²) in [6, 6.07) is 0. The maximum absolute atomic E-state index is 5.55. The summed E-state index contributed by atoms with van der Waals surface area (Å²) >= 11 is 0. The largest absolute Gasteiger partial charge is 0.458 e. The molecule has 1 fully saturated rings. The Morgan fingerprint density at radius 3 is 2.12 bits per heavy atom. The molecule has 3 nitrogen and oxygen atoms in total. The van der Waals surface area contributed by atoms with E-state index >= 15 is 0 Å². The Balaban J connectivity index is 0.000000202. The van der Waals surface area contributed by atoms with Crippen molar-refractivity contribution in [3.63, 3.8) is 0 Å². The second-order valence-electron chi connectivity index (χ2n) is 5.51. The number of rotatable bonds is 0. The van der Waals surface area contributed by atoms with E-state index in [9.17, 15) is 0 Å². The molecule has 0 aliphatic carbocycles. The van der Waals surface area contributed by atoms with Gasteiger partial charge in [-0.2, -0.15) is 0 Å². The van der Waals surface area contributed by atoms with Gasteiger partial charge in [-0.25, -0.2) is 0 Å². The van der Waals surface area contributed by atoms with Gasteiger partial charge in [-0.05, 0) is 39.2 Å². The summed E-state index contributed by atoms with van der Waals surface area (Å²) < 4.78 is 15.7. The standard InChI is InChI=1S/C8H15O2P.C5H10O/c1-7(2)5-6-9-11-10-8(7,3)4;1-2-4-6-5-3-1/h5-6,11H,1-4H3;1-5H2. The number of ether oxygens (including phenoxy) is 1. The number of hydrogen-bond acceptors (Lipinski definition) is 3. The van der Waals surface area contributed by atoms with Gasteiger partial charge in [-0.3, -0.25) is 0 Å². The fraction of sp³-hybridized carbons (Fsp3) is 0.846. The van der Waals surface area contributed by atoms with Crippen LogP contribution in [0.2, 0.25) is 0 Å². The topological polar surface area (TPSA) is 27.7 Å². The quantitative estimate of drug-likeness (QED) is 0.615. The average Bonchev–Trinajstić information content (AvgIpc) is 2.42. The van der Waals surface area contributed by atoms with Gasteiger partial charge in [0.1, 0.15) is 0 Å². The van der Waals surface area contributed by atoms with Gasteiger partial charge in [0.25, 0.3) is 0 Å². The molecule has 100 valence electrons. The molecule has 0 aromatic carbocycles. The van der Waals surface area contributed by atoms with Gasteiger partial charge < -0.3 is 13.8 Å². The molecule has 0 bridgehead atoms. The summed E-state index contributed by atoms with van der Waals surface area (Å²) in [5.74, 6) is 0. The SMILES string of the molecule is C1CCOCC1.CC1(C)C=COPOC1(C)C. The van der Waals surface area contributed by atoms with E-state index in [4.69, 9.17) is 13.8 Å². The van der Waals surface area contributed by atoms with Gasteiger partial charge in [-0.1, -0.05) is 13.8 Å². The number of hydrogen-bond donors (Lipinski definition) is 0. The molecular weight excluding hydrogens is 235 g/mol. The zero-order valence-electron chi connectivity index (χ0n) is 11.4. The Bertz CT molecular complexity index is 234. The van der Waals surface area contributed by atoms with E-state index < -0.39 is 0 Å². The highest BCUT2D eigenvalue weighted by Crippen LogP contribution is 2.42. The molecule has 2 rings (SSSR count). The van der Waals surface area contributed by atoms with Crippen molar-refractivity contribution in [1.82, 2.24) is 0 Å². The van der Waals surface area contributed by atoms with Crippen LogP contribution in [-0.2, 0) is 13.8 Å². The van der Waals surface area contributed by atoms with Crippen molar-refractivity contribution in [3.05, 3.63) is 12.3 Å². The molecule has 4 heteroatoms. The van der Waals surface area contributed by atoms with Gasteiger partial charge in [-0.15, -0.1) is 0 Å². The van der Waals surface area contributed by atoms with Crippen LogP contribution in [0.15, 0.2) is 12.3 Å². The third-order valence-electron chi connectivity index (χ3n) is 3.53. The second kappa shape index (κ2) is 6.72. The lowest BCUT2D eigenvalue weighted by Gasteiger charge is -2.36. The first-order chi connectivity index (χ1) is 7.96. The Labute approximate surface area is 107 Å². The highest BCUT2D eigenvalue weighted by atomic mass is 31.1. The van der Waals surface area contributed by atoms with Gasteiger partial charge in [0.05, 0.1) is 11.9 Å². The van der Waals surface area contributed by atoms with Gasteiger partial charge in [0, 0.05) is 18.6 Å². The van der Waals surface area contributed by atoms with Crippen LogP contribution in [0.4, 0.5) is 0 Å². The van der Waals surface area contributed by atoms with Crippen LogP contribution in [0.25, 0.3) is 0 Å². The third kappa shape index (κ3) is 4.95. The van der Waals surface area contributed by atoms with Crippen LogP contribution in [-0.4, -0.2) is 18.8 Å². The van der Waals surface area contributed by atoms with E-state index in [0.29, 0.717) is 0 Å². The molecule has 2 aliphatic heterocycles. The van der Waals surface area contributed by atoms with E-state index in [1.807, 2.05) is 6.08 Å². The molecule has 0 N–H and O–H groups in total. The van der Waals surface area contributed by atoms with E-state index in [-0.39, 0.29) is 20.1 Å². The van der Waals surface area contributed by atoms with Crippen molar-refractivity contribution < 1.29 is 13.8 Å². The summed E-state index contributed by atoms with van der Waals surface area (Å²) in [7, 11) is 0.126. The lowest BCUT2D eigenvalue weighted by atomic mass is 9.77. The molecule has 1 unspecified atom stereocenters. The van der Waals surface area contributed by atoms with Crippen molar-refractivity contribution in [2.45, 2.75) is 52.6 Å². The molecule has 0 spiro atoms. The predicted molar refractivity (Wildman–Crippen MR) is 72.2 cm³/mol. The highest BCUT2D eigenvalue weighted by Gasteiger charge is 2.37. The normalized spacial score (nSPS) is 27.5. The van der Waals surface area contributed by atoms with Gasteiger partial charge in [0.2, 0.25) is 9.03 Å². The molecule has 1 saturated heterocycles. The molecular formula is C13H25O3P. The first kappa shape index (κ1) is 14.9. The maximum Gasteiger partial charge on any atom is 0.214 e. The van der Waals surface area contributed by atoms with Crippen molar-refractivity contribution in [2.24, 2.45) is 5.41 Å². The third-order valence-corrected chi connectivity index (χ3v) is 4.35. The molecule has 0 radical (unpaired) electrons. The minimum Gasteiger partial charge on any atom is -0.458 e. The molecule has 2 heterocycles. The summed E-state index contributed by atoms with van der Waals surface area (Å²) in [6.07, 6.45) is 7.71. The van der Waals surface area contributed by atoms with Crippen LogP contribution >= 0.6 is 9.03 Å². The molecule has 0 aromatic rings. The zero-order chi connectivity index (χ0) is 12.8. The molecule has 0 saturated carbocycles. The summed E-state index contributed by atoms with van der Waals surface area (Å²) in [4.78, 5) is 0. The Morgan fingerprint density at radius 2 is 1.65 bits per heavy atom. The Kier molecular flexibility index (Phi) is 5.91. The summed E-state index contributed by atoms with van der Waals surface area (Å²) in [5.41, 5.74) is -0.102. The van der Waals surface area contributed by atoms with Crippen LogP contribution in [0.1, 0.15) is 47.0 Å². The average molecular weight is 260 g/mol. The Morgan fingerprint density at radius 1 is 1.00 bits per heavy atom. The van der Waals surface area contributed by atoms with Crippen molar-refractivity contribution in [2.75, 3.05) is 13.2 Å². The maximum atomic E-state index is 5.55. The first-order valence-corrected chi connectivity index (χ1v) is 7.11. The first-order valence-electron chi connectivity index (χ1n) is 6.30. The Hall–Kier alpha value is -0.110. The molecule has 0 amide bonds. The summed E-state index contributed by atoms with van der Waals surface area (Å²) in [5, 5.41) is 0. The van der Waals surface area contributed by atoms with Crippen molar-refractivity contribution >= 4 is 9.03 Å². The minimum atomic E-state index is -0.140. The molecule has 2 aliphatic rings.